The van der Waals surface area contributed by atoms with Crippen LogP contribution in [0.1, 0.15) is 44.5 Å². The van der Waals surface area contributed by atoms with E-state index in [1.807, 2.05) is 60.7 Å². The molecule has 4 heteroatoms. The van der Waals surface area contributed by atoms with Crippen LogP contribution in [0.25, 0.3) is 11.1 Å². The van der Waals surface area contributed by atoms with Crippen LogP contribution in [0, 0.1) is 47.4 Å². The molecule has 6 aromatic rings. The highest BCUT2D eigenvalue weighted by Crippen LogP contribution is 2.25. The Kier molecular flexibility index (Phi) is 8.59. The summed E-state index contributed by atoms with van der Waals surface area (Å²) in [7, 11) is 0. The number of pyridine rings is 4. The molecule has 4 heterocycles. The molecule has 0 fully saturated rings. The Morgan fingerprint density at radius 2 is 0.455 bits per heavy atom. The third-order valence-electron chi connectivity index (χ3n) is 6.33. The summed E-state index contributed by atoms with van der Waals surface area (Å²) in [6.07, 6.45) is 13.9. The maximum atomic E-state index is 4.09. The van der Waals surface area contributed by atoms with Gasteiger partial charge in [-0.1, -0.05) is 47.4 Å². The van der Waals surface area contributed by atoms with Crippen molar-refractivity contribution in [3.8, 4) is 58.5 Å². The van der Waals surface area contributed by atoms with Gasteiger partial charge in [-0.3, -0.25) is 19.9 Å². The number of hydrogen-bond acceptors (Lipinski definition) is 4. The van der Waals surface area contributed by atoms with E-state index in [0.29, 0.717) is 0 Å². The van der Waals surface area contributed by atoms with E-state index in [4.69, 9.17) is 0 Å². The summed E-state index contributed by atoms with van der Waals surface area (Å²) in [5.41, 5.74) is 8.84. The van der Waals surface area contributed by atoms with Gasteiger partial charge in [0.15, 0.2) is 0 Å². The molecule has 0 saturated carbocycles. The van der Waals surface area contributed by atoms with E-state index in [1.54, 1.807) is 49.6 Å². The minimum Gasteiger partial charge on any atom is -0.265 e. The second-order valence-electron chi connectivity index (χ2n) is 9.54. The number of hydrogen-bond donors (Lipinski definition) is 0. The first-order valence-corrected chi connectivity index (χ1v) is 13.8. The van der Waals surface area contributed by atoms with E-state index in [2.05, 4.69) is 91.6 Å². The normalized spacial score (nSPS) is 9.55. The molecule has 4 nitrogen and oxygen atoms in total. The molecule has 0 N–H and O–H groups in total. The maximum Gasteiger partial charge on any atom is 0.0280 e. The van der Waals surface area contributed by atoms with Crippen LogP contribution in [-0.4, -0.2) is 19.9 Å². The largest absolute Gasteiger partial charge is 0.265 e. The van der Waals surface area contributed by atoms with Crippen molar-refractivity contribution in [2.45, 2.75) is 0 Å². The van der Waals surface area contributed by atoms with Crippen molar-refractivity contribution < 1.29 is 0 Å². The molecule has 0 spiro atoms. The van der Waals surface area contributed by atoms with E-state index < -0.39 is 0 Å². The minimum absolute atomic E-state index is 0.844. The van der Waals surface area contributed by atoms with E-state index in [-0.39, 0.29) is 0 Å². The molecule has 0 aliphatic rings. The van der Waals surface area contributed by atoms with Gasteiger partial charge in [-0.2, -0.15) is 0 Å². The second kappa shape index (κ2) is 13.8. The molecule has 0 aliphatic heterocycles. The minimum atomic E-state index is 0.844. The highest BCUT2D eigenvalue weighted by molar-refractivity contribution is 5.72. The van der Waals surface area contributed by atoms with E-state index in [1.165, 1.54) is 0 Å². The number of benzene rings is 2. The van der Waals surface area contributed by atoms with Crippen LogP contribution < -0.4 is 0 Å². The standard InChI is InChI=1S/C40H22N4/c1(31-9-17-41-18-10-31)5-35-25-36(6-2-32-11-19-42-20-12-32)28-39(27-35)40-29-37(7-3-33-13-21-43-22-14-33)26-38(30-40)8-4-34-15-23-44-24-16-34/h9-30H. The van der Waals surface area contributed by atoms with Gasteiger partial charge in [0.05, 0.1) is 0 Å². The van der Waals surface area contributed by atoms with Gasteiger partial charge in [0.25, 0.3) is 0 Å². The van der Waals surface area contributed by atoms with Crippen LogP contribution in [0.2, 0.25) is 0 Å². The summed E-state index contributed by atoms with van der Waals surface area (Å²) >= 11 is 0. The molecule has 0 unspecified atom stereocenters. The Hall–Kier alpha value is -6.72. The summed E-state index contributed by atoms with van der Waals surface area (Å²) in [6, 6.07) is 27.4. The first-order valence-electron chi connectivity index (χ1n) is 13.8. The lowest BCUT2D eigenvalue weighted by atomic mass is 9.96. The van der Waals surface area contributed by atoms with Gasteiger partial charge < -0.3 is 0 Å². The molecule has 0 atom stereocenters. The molecule has 0 radical (unpaired) electrons. The van der Waals surface area contributed by atoms with E-state index in [0.717, 1.165) is 55.6 Å². The first kappa shape index (κ1) is 27.4. The van der Waals surface area contributed by atoms with Gasteiger partial charge in [-0.05, 0) is 96.1 Å². The number of aromatic nitrogens is 4. The summed E-state index contributed by atoms with van der Waals surface area (Å²) in [4.78, 5) is 16.4. The van der Waals surface area contributed by atoms with Crippen molar-refractivity contribution in [1.82, 2.24) is 19.9 Å². The van der Waals surface area contributed by atoms with Crippen molar-refractivity contribution in [2.24, 2.45) is 0 Å². The summed E-state index contributed by atoms with van der Waals surface area (Å²) in [5.74, 6) is 26.2. The van der Waals surface area contributed by atoms with Crippen molar-refractivity contribution >= 4 is 0 Å². The molecule has 6 rings (SSSR count). The Balaban J connectivity index is 1.47. The molecule has 4 aromatic heterocycles. The zero-order valence-corrected chi connectivity index (χ0v) is 23.5. The highest BCUT2D eigenvalue weighted by Gasteiger charge is 2.06. The Morgan fingerprint density at radius 3 is 0.682 bits per heavy atom. The second-order valence-corrected chi connectivity index (χ2v) is 9.54. The third-order valence-corrected chi connectivity index (χ3v) is 6.33. The van der Waals surface area contributed by atoms with Crippen LogP contribution in [0.15, 0.2) is 135 Å². The van der Waals surface area contributed by atoms with Crippen LogP contribution in [0.4, 0.5) is 0 Å². The fourth-order valence-electron chi connectivity index (χ4n) is 4.20. The third kappa shape index (κ3) is 7.72. The van der Waals surface area contributed by atoms with Gasteiger partial charge in [0.2, 0.25) is 0 Å². The van der Waals surface area contributed by atoms with Crippen LogP contribution in [0.5, 0.6) is 0 Å². The van der Waals surface area contributed by atoms with Gasteiger partial charge in [-0.25, -0.2) is 0 Å². The van der Waals surface area contributed by atoms with Gasteiger partial charge in [0, 0.05) is 94.1 Å². The maximum absolute atomic E-state index is 4.09. The zero-order valence-electron chi connectivity index (χ0n) is 23.5. The molecule has 0 bridgehead atoms. The van der Waals surface area contributed by atoms with Crippen molar-refractivity contribution in [3.05, 3.63) is 179 Å². The van der Waals surface area contributed by atoms with E-state index >= 15 is 0 Å². The molecule has 0 aliphatic carbocycles. The molecule has 2 aromatic carbocycles. The van der Waals surface area contributed by atoms with Crippen LogP contribution >= 0.6 is 0 Å². The van der Waals surface area contributed by atoms with Crippen molar-refractivity contribution in [2.75, 3.05) is 0 Å². The number of rotatable bonds is 1. The topological polar surface area (TPSA) is 51.6 Å². The molecular formula is C40H22N4. The van der Waals surface area contributed by atoms with Crippen molar-refractivity contribution in [3.63, 3.8) is 0 Å². The molecule has 0 amide bonds. The van der Waals surface area contributed by atoms with Gasteiger partial charge in [-0.15, -0.1) is 0 Å². The summed E-state index contributed by atoms with van der Waals surface area (Å²) < 4.78 is 0. The fraction of sp³-hybridized carbons (Fsp3) is 0. The van der Waals surface area contributed by atoms with Crippen LogP contribution in [-0.2, 0) is 0 Å². The molecule has 0 saturated heterocycles. The Bertz CT molecular complexity index is 1850. The molecular weight excluding hydrogens is 536 g/mol. The molecule has 44 heavy (non-hydrogen) atoms. The summed E-state index contributed by atoms with van der Waals surface area (Å²) in [5, 5.41) is 0. The smallest absolute Gasteiger partial charge is 0.0280 e. The van der Waals surface area contributed by atoms with E-state index in [9.17, 15) is 0 Å². The zero-order chi connectivity index (χ0) is 29.8. The lowest BCUT2D eigenvalue weighted by Gasteiger charge is -2.07. The fourth-order valence-corrected chi connectivity index (χ4v) is 4.20. The van der Waals surface area contributed by atoms with Gasteiger partial charge in [0.1, 0.15) is 0 Å². The highest BCUT2D eigenvalue weighted by atomic mass is 14.6. The lowest BCUT2D eigenvalue weighted by Crippen LogP contribution is -1.89. The summed E-state index contributed by atoms with van der Waals surface area (Å²) in [6.45, 7) is 0. The Labute approximate surface area is 257 Å². The number of nitrogens with zero attached hydrogens (tertiary/aromatic N) is 4. The van der Waals surface area contributed by atoms with Crippen LogP contribution in [0.3, 0.4) is 0 Å². The van der Waals surface area contributed by atoms with Gasteiger partial charge >= 0.3 is 0 Å². The molecule has 202 valence electrons. The predicted molar refractivity (Wildman–Crippen MR) is 173 cm³/mol. The SMILES string of the molecule is C(#Cc1cc(C#Cc2ccncc2)cc(-c2cc(C#Cc3ccncc3)cc(C#Cc3ccncc3)c2)c1)c1ccncc1. The predicted octanol–water partition coefficient (Wildman–Crippen LogP) is 6.53. The average Bonchev–Trinajstić information content (AvgIpc) is 3.10. The quantitative estimate of drug-likeness (QED) is 0.215. The Morgan fingerprint density at radius 1 is 0.250 bits per heavy atom. The average molecular weight is 559 g/mol. The van der Waals surface area contributed by atoms with Crippen molar-refractivity contribution in [1.29, 1.82) is 0 Å². The first-order chi connectivity index (χ1) is 21.8. The monoisotopic (exact) mass is 558 g/mol. The lowest BCUT2D eigenvalue weighted by molar-refractivity contribution is 1.32.